The zero-order valence-corrected chi connectivity index (χ0v) is 10.3. The van der Waals surface area contributed by atoms with Crippen molar-refractivity contribution in [3.8, 4) is 0 Å². The van der Waals surface area contributed by atoms with Crippen molar-refractivity contribution in [1.82, 2.24) is 10.6 Å². The first-order valence-electron chi connectivity index (χ1n) is 6.22. The maximum Gasteiger partial charge on any atom is 0.233 e. The molecule has 0 fully saturated rings. The van der Waals surface area contributed by atoms with Gasteiger partial charge in [0.25, 0.3) is 0 Å². The van der Waals surface area contributed by atoms with Crippen LogP contribution in [0, 0.1) is 0 Å². The summed E-state index contributed by atoms with van der Waals surface area (Å²) in [6, 6.07) is 0. The van der Waals surface area contributed by atoms with Gasteiger partial charge in [0, 0.05) is 6.54 Å². The zero-order chi connectivity index (χ0) is 11.4. The summed E-state index contributed by atoms with van der Waals surface area (Å²) in [7, 11) is 1.79. The van der Waals surface area contributed by atoms with Gasteiger partial charge in [-0.25, -0.2) is 0 Å². The Hall–Kier alpha value is -0.570. The molecule has 90 valence electrons. The van der Waals surface area contributed by atoms with Gasteiger partial charge in [-0.3, -0.25) is 4.79 Å². The molecule has 0 rings (SSSR count). The Balaban J connectivity index is 3.01. The third-order valence-electron chi connectivity index (χ3n) is 2.44. The minimum absolute atomic E-state index is 0.100. The van der Waals surface area contributed by atoms with E-state index in [0.29, 0.717) is 6.54 Å². The quantitative estimate of drug-likeness (QED) is 0.547. The van der Waals surface area contributed by atoms with E-state index in [9.17, 15) is 4.79 Å². The predicted octanol–water partition coefficient (Wildman–Crippen LogP) is 2.07. The van der Waals surface area contributed by atoms with Crippen LogP contribution in [-0.2, 0) is 4.79 Å². The summed E-state index contributed by atoms with van der Waals surface area (Å²) in [6.07, 6.45) is 9.03. The fourth-order valence-corrected chi connectivity index (χ4v) is 1.53. The summed E-state index contributed by atoms with van der Waals surface area (Å²) < 4.78 is 0. The largest absolute Gasteiger partial charge is 0.355 e. The summed E-state index contributed by atoms with van der Waals surface area (Å²) in [4.78, 5) is 11.0. The molecule has 3 heteroatoms. The van der Waals surface area contributed by atoms with Crippen molar-refractivity contribution in [1.29, 1.82) is 0 Å². The van der Waals surface area contributed by atoms with Gasteiger partial charge in [0.15, 0.2) is 0 Å². The molecule has 0 aromatic rings. The van der Waals surface area contributed by atoms with Crippen molar-refractivity contribution in [2.24, 2.45) is 0 Å². The van der Waals surface area contributed by atoms with Gasteiger partial charge in [-0.1, -0.05) is 45.4 Å². The number of likely N-dealkylation sites (N-methyl/N-ethyl adjacent to an activating group) is 1. The maximum absolute atomic E-state index is 11.0. The molecule has 0 aliphatic carbocycles. The monoisotopic (exact) mass is 214 g/mol. The standard InChI is InChI=1S/C12H26N2O/c1-3-4-5-6-7-8-9-10-14-12(15)11-13-2/h13H,3-11H2,1-2H3,(H,14,15). The third kappa shape index (κ3) is 11.4. The van der Waals surface area contributed by atoms with E-state index in [1.165, 1.54) is 38.5 Å². The topological polar surface area (TPSA) is 41.1 Å². The Morgan fingerprint density at radius 1 is 1.00 bits per heavy atom. The number of nitrogens with one attached hydrogen (secondary N) is 2. The molecule has 0 saturated heterocycles. The van der Waals surface area contributed by atoms with Crippen LogP contribution >= 0.6 is 0 Å². The lowest BCUT2D eigenvalue weighted by Crippen LogP contribution is -2.32. The molecule has 15 heavy (non-hydrogen) atoms. The second-order valence-corrected chi connectivity index (χ2v) is 4.00. The van der Waals surface area contributed by atoms with Gasteiger partial charge < -0.3 is 10.6 Å². The zero-order valence-electron chi connectivity index (χ0n) is 10.3. The molecule has 0 unspecified atom stereocenters. The third-order valence-corrected chi connectivity index (χ3v) is 2.44. The van der Waals surface area contributed by atoms with Crippen molar-refractivity contribution >= 4 is 5.91 Å². The van der Waals surface area contributed by atoms with Crippen LogP contribution in [0.4, 0.5) is 0 Å². The van der Waals surface area contributed by atoms with Crippen molar-refractivity contribution in [2.75, 3.05) is 20.1 Å². The van der Waals surface area contributed by atoms with Crippen LogP contribution in [0.2, 0.25) is 0 Å². The van der Waals surface area contributed by atoms with Crippen molar-refractivity contribution in [3.63, 3.8) is 0 Å². The van der Waals surface area contributed by atoms with Crippen LogP contribution in [0.15, 0.2) is 0 Å². The van der Waals surface area contributed by atoms with E-state index >= 15 is 0 Å². The van der Waals surface area contributed by atoms with Crippen molar-refractivity contribution < 1.29 is 4.79 Å². The fraction of sp³-hybridized carbons (Fsp3) is 0.917. The lowest BCUT2D eigenvalue weighted by Gasteiger charge is -2.04. The van der Waals surface area contributed by atoms with E-state index in [1.54, 1.807) is 7.05 Å². The van der Waals surface area contributed by atoms with Gasteiger partial charge in [-0.2, -0.15) is 0 Å². The molecular formula is C12H26N2O. The Kier molecular flexibility index (Phi) is 11.1. The molecule has 3 nitrogen and oxygen atoms in total. The van der Waals surface area contributed by atoms with Crippen LogP contribution in [0.25, 0.3) is 0 Å². The number of carbonyl (C=O) groups is 1. The molecule has 0 saturated carbocycles. The summed E-state index contributed by atoms with van der Waals surface area (Å²) in [6.45, 7) is 3.49. The van der Waals surface area contributed by atoms with Gasteiger partial charge in [0.05, 0.1) is 6.54 Å². The summed E-state index contributed by atoms with van der Waals surface area (Å²) in [5.41, 5.74) is 0. The maximum atomic E-state index is 11.0. The number of rotatable bonds is 10. The average Bonchev–Trinajstić information content (AvgIpc) is 2.22. The number of carbonyl (C=O) groups excluding carboxylic acids is 1. The molecule has 0 spiro atoms. The second kappa shape index (κ2) is 11.5. The van der Waals surface area contributed by atoms with Crippen molar-refractivity contribution in [2.45, 2.75) is 51.9 Å². The van der Waals surface area contributed by atoms with Gasteiger partial charge >= 0.3 is 0 Å². The lowest BCUT2D eigenvalue weighted by molar-refractivity contribution is -0.120. The highest BCUT2D eigenvalue weighted by atomic mass is 16.1. The smallest absolute Gasteiger partial charge is 0.233 e. The number of amides is 1. The molecule has 0 aliphatic rings. The molecule has 1 amide bonds. The van der Waals surface area contributed by atoms with E-state index < -0.39 is 0 Å². The van der Waals surface area contributed by atoms with E-state index in [2.05, 4.69) is 17.6 Å². The molecule has 0 aliphatic heterocycles. The minimum Gasteiger partial charge on any atom is -0.355 e. The first-order chi connectivity index (χ1) is 7.31. The van der Waals surface area contributed by atoms with Crippen molar-refractivity contribution in [3.05, 3.63) is 0 Å². The normalized spacial score (nSPS) is 10.3. The van der Waals surface area contributed by atoms with E-state index in [4.69, 9.17) is 0 Å². The van der Waals surface area contributed by atoms with Crippen LogP contribution < -0.4 is 10.6 Å². The minimum atomic E-state index is 0.100. The molecule has 0 atom stereocenters. The molecular weight excluding hydrogens is 188 g/mol. The fourth-order valence-electron chi connectivity index (χ4n) is 1.53. The van der Waals surface area contributed by atoms with Gasteiger partial charge in [-0.15, -0.1) is 0 Å². The van der Waals surface area contributed by atoms with E-state index in [1.807, 2.05) is 0 Å². The highest BCUT2D eigenvalue weighted by Crippen LogP contribution is 2.06. The second-order valence-electron chi connectivity index (χ2n) is 4.00. The number of hydrogen-bond donors (Lipinski definition) is 2. The first kappa shape index (κ1) is 14.4. The lowest BCUT2D eigenvalue weighted by atomic mass is 10.1. The average molecular weight is 214 g/mol. The van der Waals surface area contributed by atoms with Crippen LogP contribution in [0.3, 0.4) is 0 Å². The summed E-state index contributed by atoms with van der Waals surface area (Å²) in [5.74, 6) is 0.100. The van der Waals surface area contributed by atoms with Crippen LogP contribution in [0.1, 0.15) is 51.9 Å². The number of hydrogen-bond acceptors (Lipinski definition) is 2. The molecule has 0 bridgehead atoms. The van der Waals surface area contributed by atoms with Gasteiger partial charge in [0.2, 0.25) is 5.91 Å². The summed E-state index contributed by atoms with van der Waals surface area (Å²) in [5, 5.41) is 5.71. The molecule has 0 aromatic heterocycles. The Labute approximate surface area is 94.0 Å². The van der Waals surface area contributed by atoms with Crippen LogP contribution in [0.5, 0.6) is 0 Å². The van der Waals surface area contributed by atoms with E-state index in [-0.39, 0.29) is 5.91 Å². The Bertz CT molecular complexity index is 149. The van der Waals surface area contributed by atoms with Crippen LogP contribution in [-0.4, -0.2) is 26.0 Å². The predicted molar refractivity (Wildman–Crippen MR) is 64.9 cm³/mol. The van der Waals surface area contributed by atoms with Gasteiger partial charge in [-0.05, 0) is 13.5 Å². The molecule has 0 heterocycles. The molecule has 0 radical (unpaired) electrons. The first-order valence-corrected chi connectivity index (χ1v) is 6.22. The molecule has 0 aromatic carbocycles. The summed E-state index contributed by atoms with van der Waals surface area (Å²) >= 11 is 0. The Morgan fingerprint density at radius 2 is 1.60 bits per heavy atom. The van der Waals surface area contributed by atoms with E-state index in [0.717, 1.165) is 13.0 Å². The highest BCUT2D eigenvalue weighted by Gasteiger charge is 1.96. The Morgan fingerprint density at radius 3 is 2.20 bits per heavy atom. The SMILES string of the molecule is CCCCCCCCCNC(=O)CNC. The molecule has 2 N–H and O–H groups in total. The van der Waals surface area contributed by atoms with Gasteiger partial charge in [0.1, 0.15) is 0 Å². The number of unbranched alkanes of at least 4 members (excludes halogenated alkanes) is 6. The highest BCUT2D eigenvalue weighted by molar-refractivity contribution is 5.77.